The van der Waals surface area contributed by atoms with Crippen LogP contribution in [0.4, 0.5) is 0 Å². The molecule has 0 aliphatic carbocycles. The summed E-state index contributed by atoms with van der Waals surface area (Å²) in [7, 11) is 0. The Morgan fingerprint density at radius 2 is 1.80 bits per heavy atom. The Morgan fingerprint density at radius 3 is 2.36 bits per heavy atom. The molecule has 0 bridgehead atoms. The van der Waals surface area contributed by atoms with Crippen molar-refractivity contribution in [1.29, 1.82) is 0 Å². The van der Waals surface area contributed by atoms with Gasteiger partial charge in [0.1, 0.15) is 11.8 Å². The molecule has 0 spiro atoms. The molecule has 136 valence electrons. The first-order valence-electron chi connectivity index (χ1n) is 8.37. The average molecular weight is 347 g/mol. The Morgan fingerprint density at radius 1 is 1.16 bits per heavy atom. The fourth-order valence-corrected chi connectivity index (χ4v) is 2.33. The quantitative estimate of drug-likeness (QED) is 0.277. The van der Waals surface area contributed by atoms with Crippen LogP contribution in [0.15, 0.2) is 36.9 Å². The molecule has 6 nitrogen and oxygen atoms in total. The van der Waals surface area contributed by atoms with Crippen LogP contribution in [0.5, 0.6) is 5.75 Å². The molecule has 0 saturated carbocycles. The van der Waals surface area contributed by atoms with Crippen LogP contribution in [0.1, 0.15) is 55.8 Å². The SMILES string of the molecule is C=CCCCCCC[C@@H](NC(=O)c1ccc(OC(C)=O)cc1)C(=O)O. The first kappa shape index (κ1) is 20.4. The van der Waals surface area contributed by atoms with Crippen LogP contribution < -0.4 is 10.1 Å². The van der Waals surface area contributed by atoms with E-state index in [1.54, 1.807) is 0 Å². The molecule has 0 heterocycles. The number of esters is 1. The summed E-state index contributed by atoms with van der Waals surface area (Å²) in [6.45, 7) is 4.95. The van der Waals surface area contributed by atoms with E-state index in [0.717, 1.165) is 32.1 Å². The fraction of sp³-hybridized carbons (Fsp3) is 0.421. The van der Waals surface area contributed by atoms with Crippen molar-refractivity contribution < 1.29 is 24.2 Å². The second-order valence-electron chi connectivity index (χ2n) is 5.76. The number of carbonyl (C=O) groups is 3. The third kappa shape index (κ3) is 8.15. The van der Waals surface area contributed by atoms with Crippen LogP contribution in [0.25, 0.3) is 0 Å². The standard InChI is InChI=1S/C19H25NO5/c1-3-4-5-6-7-8-9-17(19(23)24)20-18(22)15-10-12-16(13-11-15)25-14(2)21/h3,10-13,17H,1,4-9H2,2H3,(H,20,22)(H,23,24)/t17-/m1/s1. The van der Waals surface area contributed by atoms with Gasteiger partial charge in [-0.3, -0.25) is 9.59 Å². The van der Waals surface area contributed by atoms with Gasteiger partial charge < -0.3 is 15.2 Å². The maximum Gasteiger partial charge on any atom is 0.326 e. The zero-order valence-corrected chi connectivity index (χ0v) is 14.5. The summed E-state index contributed by atoms with van der Waals surface area (Å²) in [6.07, 6.45) is 6.94. The van der Waals surface area contributed by atoms with E-state index < -0.39 is 23.9 Å². The molecule has 6 heteroatoms. The number of rotatable bonds is 11. The van der Waals surface area contributed by atoms with Gasteiger partial charge in [0.2, 0.25) is 0 Å². The van der Waals surface area contributed by atoms with E-state index in [0.29, 0.717) is 17.7 Å². The number of carboxylic acids is 1. The monoisotopic (exact) mass is 347 g/mol. The van der Waals surface area contributed by atoms with Crippen molar-refractivity contribution in [2.24, 2.45) is 0 Å². The molecular formula is C19H25NO5. The predicted octanol–water partition coefficient (Wildman–Crippen LogP) is 3.32. The zero-order chi connectivity index (χ0) is 18.7. The highest BCUT2D eigenvalue weighted by Gasteiger charge is 2.20. The summed E-state index contributed by atoms with van der Waals surface area (Å²) in [5.74, 6) is -1.63. The average Bonchev–Trinajstić information content (AvgIpc) is 2.56. The van der Waals surface area contributed by atoms with E-state index in [2.05, 4.69) is 11.9 Å². The molecule has 1 atom stereocenters. The third-order valence-corrected chi connectivity index (χ3v) is 3.63. The van der Waals surface area contributed by atoms with Crippen molar-refractivity contribution in [1.82, 2.24) is 5.32 Å². The zero-order valence-electron chi connectivity index (χ0n) is 14.5. The summed E-state index contributed by atoms with van der Waals surface area (Å²) in [6, 6.07) is 5.04. The normalized spacial score (nSPS) is 11.4. The Balaban J connectivity index is 2.50. The van der Waals surface area contributed by atoms with E-state index in [-0.39, 0.29) is 0 Å². The van der Waals surface area contributed by atoms with Gasteiger partial charge in [-0.1, -0.05) is 25.3 Å². The topological polar surface area (TPSA) is 92.7 Å². The molecule has 1 amide bonds. The van der Waals surface area contributed by atoms with Gasteiger partial charge in [-0.15, -0.1) is 6.58 Å². The van der Waals surface area contributed by atoms with Crippen molar-refractivity contribution in [3.63, 3.8) is 0 Å². The lowest BCUT2D eigenvalue weighted by atomic mass is 10.1. The van der Waals surface area contributed by atoms with Gasteiger partial charge in [-0.05, 0) is 43.5 Å². The number of allylic oxidation sites excluding steroid dienone is 1. The minimum absolute atomic E-state index is 0.313. The second kappa shape index (κ2) is 11.0. The predicted molar refractivity (Wildman–Crippen MR) is 94.5 cm³/mol. The largest absolute Gasteiger partial charge is 0.480 e. The third-order valence-electron chi connectivity index (χ3n) is 3.63. The fourth-order valence-electron chi connectivity index (χ4n) is 2.33. The molecular weight excluding hydrogens is 322 g/mol. The lowest BCUT2D eigenvalue weighted by Crippen LogP contribution is -2.40. The smallest absolute Gasteiger partial charge is 0.326 e. The second-order valence-corrected chi connectivity index (χ2v) is 5.76. The van der Waals surface area contributed by atoms with Crippen molar-refractivity contribution in [3.05, 3.63) is 42.5 Å². The van der Waals surface area contributed by atoms with E-state index >= 15 is 0 Å². The number of aliphatic carboxylic acids is 1. The van der Waals surface area contributed by atoms with Crippen LogP contribution in [0, 0.1) is 0 Å². The van der Waals surface area contributed by atoms with Crippen molar-refractivity contribution in [2.45, 2.75) is 51.5 Å². The molecule has 0 aromatic heterocycles. The molecule has 0 fully saturated rings. The van der Waals surface area contributed by atoms with Gasteiger partial charge in [0, 0.05) is 12.5 Å². The van der Waals surface area contributed by atoms with Crippen LogP contribution in [-0.2, 0) is 9.59 Å². The Bertz CT molecular complexity index is 594. The summed E-state index contributed by atoms with van der Waals surface area (Å²) in [5.41, 5.74) is 0.313. The van der Waals surface area contributed by atoms with E-state index in [1.807, 2.05) is 6.08 Å². The lowest BCUT2D eigenvalue weighted by Gasteiger charge is -2.14. The van der Waals surface area contributed by atoms with Gasteiger partial charge in [0.15, 0.2) is 0 Å². The van der Waals surface area contributed by atoms with E-state index in [9.17, 15) is 19.5 Å². The number of amides is 1. The van der Waals surface area contributed by atoms with Gasteiger partial charge in [-0.2, -0.15) is 0 Å². The van der Waals surface area contributed by atoms with Crippen LogP contribution >= 0.6 is 0 Å². The minimum atomic E-state index is -1.05. The maximum atomic E-state index is 12.2. The number of benzene rings is 1. The highest BCUT2D eigenvalue weighted by atomic mass is 16.5. The highest BCUT2D eigenvalue weighted by Crippen LogP contribution is 2.13. The number of hydrogen-bond donors (Lipinski definition) is 2. The molecule has 1 rings (SSSR count). The van der Waals surface area contributed by atoms with Crippen molar-refractivity contribution in [2.75, 3.05) is 0 Å². The first-order valence-corrected chi connectivity index (χ1v) is 8.37. The number of ether oxygens (including phenoxy) is 1. The van der Waals surface area contributed by atoms with Gasteiger partial charge in [0.05, 0.1) is 0 Å². The molecule has 25 heavy (non-hydrogen) atoms. The Labute approximate surface area is 147 Å². The van der Waals surface area contributed by atoms with Gasteiger partial charge in [-0.25, -0.2) is 4.79 Å². The first-order chi connectivity index (χ1) is 11.9. The molecule has 0 radical (unpaired) electrons. The molecule has 0 aliphatic rings. The summed E-state index contributed by atoms with van der Waals surface area (Å²) < 4.78 is 4.89. The van der Waals surface area contributed by atoms with Crippen molar-refractivity contribution in [3.8, 4) is 5.75 Å². The van der Waals surface area contributed by atoms with Crippen LogP contribution in [0.3, 0.4) is 0 Å². The minimum Gasteiger partial charge on any atom is -0.480 e. The van der Waals surface area contributed by atoms with E-state index in [1.165, 1.54) is 31.2 Å². The summed E-state index contributed by atoms with van der Waals surface area (Å²) in [5, 5.41) is 11.8. The number of hydrogen-bond acceptors (Lipinski definition) is 4. The number of carbonyl (C=O) groups excluding carboxylic acids is 2. The Hall–Kier alpha value is -2.63. The number of carboxylic acid groups (broad SMARTS) is 1. The molecule has 0 aliphatic heterocycles. The summed E-state index contributed by atoms with van der Waals surface area (Å²) in [4.78, 5) is 34.4. The molecule has 2 N–H and O–H groups in total. The van der Waals surface area contributed by atoms with E-state index in [4.69, 9.17) is 4.74 Å². The molecule has 1 aromatic rings. The van der Waals surface area contributed by atoms with Crippen molar-refractivity contribution >= 4 is 17.8 Å². The number of nitrogens with one attached hydrogen (secondary N) is 1. The Kier molecular flexibility index (Phi) is 9.00. The van der Waals surface area contributed by atoms with Crippen LogP contribution in [-0.4, -0.2) is 29.0 Å². The maximum absolute atomic E-state index is 12.2. The number of unbranched alkanes of at least 4 members (excludes halogenated alkanes) is 4. The van der Waals surface area contributed by atoms with Gasteiger partial charge >= 0.3 is 11.9 Å². The molecule has 0 unspecified atom stereocenters. The van der Waals surface area contributed by atoms with Gasteiger partial charge in [0.25, 0.3) is 5.91 Å². The lowest BCUT2D eigenvalue weighted by molar-refractivity contribution is -0.139. The summed E-state index contributed by atoms with van der Waals surface area (Å²) >= 11 is 0. The molecule has 0 saturated heterocycles. The van der Waals surface area contributed by atoms with Crippen LogP contribution in [0.2, 0.25) is 0 Å². The molecule has 1 aromatic carbocycles. The highest BCUT2D eigenvalue weighted by molar-refractivity contribution is 5.96.